The van der Waals surface area contributed by atoms with Gasteiger partial charge in [-0.05, 0) is 37.8 Å². The highest BCUT2D eigenvalue weighted by molar-refractivity contribution is 5.81. The molecule has 2 aliphatic rings. The van der Waals surface area contributed by atoms with Crippen LogP contribution < -0.4 is 4.90 Å². The van der Waals surface area contributed by atoms with Gasteiger partial charge < -0.3 is 19.6 Å². The Bertz CT molecular complexity index is 526. The lowest BCUT2D eigenvalue weighted by Gasteiger charge is -2.46. The van der Waals surface area contributed by atoms with E-state index in [1.807, 2.05) is 47.2 Å². The monoisotopic (exact) mass is 318 g/mol. The number of likely N-dealkylation sites (tertiary alicyclic amines) is 1. The largest absolute Gasteiger partial charge is 0.390 e. The highest BCUT2D eigenvalue weighted by atomic mass is 16.5. The fourth-order valence-corrected chi connectivity index (χ4v) is 3.60. The Labute approximate surface area is 137 Å². The number of amides is 1. The van der Waals surface area contributed by atoms with Crippen molar-refractivity contribution in [2.24, 2.45) is 0 Å². The first-order valence-electron chi connectivity index (χ1n) is 8.47. The fourth-order valence-electron chi connectivity index (χ4n) is 3.60. The lowest BCUT2D eigenvalue weighted by molar-refractivity contribution is -0.179. The topological polar surface area (TPSA) is 53.0 Å². The van der Waals surface area contributed by atoms with Crippen molar-refractivity contribution in [1.29, 1.82) is 0 Å². The third kappa shape index (κ3) is 3.51. The summed E-state index contributed by atoms with van der Waals surface area (Å²) >= 11 is 0. The summed E-state index contributed by atoms with van der Waals surface area (Å²) in [4.78, 5) is 16.4. The average molecular weight is 318 g/mol. The number of aliphatic hydroxyl groups is 1. The molecule has 1 aromatic carbocycles. The molecule has 0 aliphatic carbocycles. The second-order valence-corrected chi connectivity index (χ2v) is 6.64. The second kappa shape index (κ2) is 6.89. The SMILES string of the molecule is CN(CC(=O)N1CCC2(CC1)OCCC[C@@H]2O)c1ccccc1. The van der Waals surface area contributed by atoms with Crippen LogP contribution in [-0.2, 0) is 9.53 Å². The van der Waals surface area contributed by atoms with Crippen LogP contribution in [0.25, 0.3) is 0 Å². The first-order valence-corrected chi connectivity index (χ1v) is 8.47. The zero-order valence-corrected chi connectivity index (χ0v) is 13.8. The summed E-state index contributed by atoms with van der Waals surface area (Å²) in [6.07, 6.45) is 2.81. The van der Waals surface area contributed by atoms with Crippen molar-refractivity contribution in [1.82, 2.24) is 4.90 Å². The van der Waals surface area contributed by atoms with Gasteiger partial charge in [-0.25, -0.2) is 0 Å². The van der Waals surface area contributed by atoms with Crippen LogP contribution in [-0.4, -0.2) is 60.9 Å². The van der Waals surface area contributed by atoms with Crippen molar-refractivity contribution in [2.75, 3.05) is 38.2 Å². The summed E-state index contributed by atoms with van der Waals surface area (Å²) in [6.45, 7) is 2.43. The minimum absolute atomic E-state index is 0.136. The van der Waals surface area contributed by atoms with E-state index in [1.54, 1.807) is 0 Å². The zero-order chi connectivity index (χ0) is 16.3. The maximum atomic E-state index is 12.5. The Balaban J connectivity index is 1.54. The van der Waals surface area contributed by atoms with Crippen LogP contribution >= 0.6 is 0 Å². The number of benzene rings is 1. The molecule has 2 aliphatic heterocycles. The van der Waals surface area contributed by atoms with Crippen LogP contribution in [0.5, 0.6) is 0 Å². The maximum Gasteiger partial charge on any atom is 0.242 e. The number of nitrogens with zero attached hydrogens (tertiary/aromatic N) is 2. The van der Waals surface area contributed by atoms with E-state index in [0.717, 1.165) is 38.0 Å². The van der Waals surface area contributed by atoms with Crippen LogP contribution in [0.15, 0.2) is 30.3 Å². The average Bonchev–Trinajstić information content (AvgIpc) is 2.59. The molecule has 2 heterocycles. The predicted molar refractivity (Wildman–Crippen MR) is 89.4 cm³/mol. The van der Waals surface area contributed by atoms with E-state index in [9.17, 15) is 9.90 Å². The molecule has 1 atom stereocenters. The fraction of sp³-hybridized carbons (Fsp3) is 0.611. The van der Waals surface area contributed by atoms with E-state index >= 15 is 0 Å². The number of carbonyl (C=O) groups excluding carboxylic acids is 1. The summed E-state index contributed by atoms with van der Waals surface area (Å²) < 4.78 is 5.90. The van der Waals surface area contributed by atoms with Crippen molar-refractivity contribution in [3.05, 3.63) is 30.3 Å². The van der Waals surface area contributed by atoms with Gasteiger partial charge in [0.05, 0.1) is 18.2 Å². The number of carbonyl (C=O) groups is 1. The molecular weight excluding hydrogens is 292 g/mol. The van der Waals surface area contributed by atoms with Gasteiger partial charge in [0.1, 0.15) is 0 Å². The number of rotatable bonds is 3. The maximum absolute atomic E-state index is 12.5. The van der Waals surface area contributed by atoms with Crippen molar-refractivity contribution < 1.29 is 14.6 Å². The van der Waals surface area contributed by atoms with Crippen molar-refractivity contribution in [2.45, 2.75) is 37.4 Å². The molecule has 0 unspecified atom stereocenters. The van der Waals surface area contributed by atoms with E-state index in [-0.39, 0.29) is 12.0 Å². The third-order valence-electron chi connectivity index (χ3n) is 5.15. The van der Waals surface area contributed by atoms with E-state index in [1.165, 1.54) is 0 Å². The summed E-state index contributed by atoms with van der Waals surface area (Å²) in [5, 5.41) is 10.3. The zero-order valence-electron chi connectivity index (χ0n) is 13.8. The lowest BCUT2D eigenvalue weighted by Crippen LogP contribution is -2.56. The smallest absolute Gasteiger partial charge is 0.242 e. The standard InChI is InChI=1S/C18H26N2O3/c1-19(15-6-3-2-4-7-15)14-17(22)20-11-9-18(10-12-20)16(21)8-5-13-23-18/h2-4,6-7,16,21H,5,8-14H2,1H3/t16-/m0/s1. The van der Waals surface area contributed by atoms with E-state index in [4.69, 9.17) is 4.74 Å². The molecule has 5 nitrogen and oxygen atoms in total. The predicted octanol–water partition coefficient (Wildman–Crippen LogP) is 1.66. The number of hydrogen-bond acceptors (Lipinski definition) is 4. The van der Waals surface area contributed by atoms with E-state index in [0.29, 0.717) is 19.6 Å². The highest BCUT2D eigenvalue weighted by Gasteiger charge is 2.44. The molecule has 3 rings (SSSR count). The van der Waals surface area contributed by atoms with Gasteiger partial charge in [0, 0.05) is 32.4 Å². The number of aliphatic hydroxyl groups excluding tert-OH is 1. The summed E-state index contributed by atoms with van der Waals surface area (Å²) in [5.41, 5.74) is 0.626. The van der Waals surface area contributed by atoms with E-state index in [2.05, 4.69) is 0 Å². The molecule has 0 saturated carbocycles. The minimum Gasteiger partial charge on any atom is -0.390 e. The number of piperidine rings is 1. The first-order chi connectivity index (χ1) is 11.1. The lowest BCUT2D eigenvalue weighted by atomic mass is 9.82. The molecule has 0 aromatic heterocycles. The molecule has 1 aromatic rings. The molecular formula is C18H26N2O3. The molecule has 1 N–H and O–H groups in total. The van der Waals surface area contributed by atoms with Crippen molar-refractivity contribution >= 4 is 11.6 Å². The summed E-state index contributed by atoms with van der Waals surface area (Å²) in [7, 11) is 1.94. The molecule has 0 radical (unpaired) electrons. The Morgan fingerprint density at radius 1 is 1.35 bits per heavy atom. The van der Waals surface area contributed by atoms with Gasteiger partial charge in [-0.15, -0.1) is 0 Å². The van der Waals surface area contributed by atoms with Crippen molar-refractivity contribution in [3.8, 4) is 0 Å². The molecule has 1 amide bonds. The second-order valence-electron chi connectivity index (χ2n) is 6.64. The van der Waals surface area contributed by atoms with Crippen molar-refractivity contribution in [3.63, 3.8) is 0 Å². The van der Waals surface area contributed by atoms with E-state index < -0.39 is 5.60 Å². The van der Waals surface area contributed by atoms with Crippen LogP contribution in [0.3, 0.4) is 0 Å². The molecule has 0 bridgehead atoms. The molecule has 126 valence electrons. The Morgan fingerprint density at radius 2 is 2.04 bits per heavy atom. The van der Waals surface area contributed by atoms with Gasteiger partial charge in [-0.3, -0.25) is 4.79 Å². The van der Waals surface area contributed by atoms with Gasteiger partial charge in [0.2, 0.25) is 5.91 Å². The van der Waals surface area contributed by atoms with Crippen LogP contribution in [0.2, 0.25) is 0 Å². The van der Waals surface area contributed by atoms with Gasteiger partial charge in [0.25, 0.3) is 0 Å². The van der Waals surface area contributed by atoms with Gasteiger partial charge in [-0.2, -0.15) is 0 Å². The summed E-state index contributed by atoms with van der Waals surface area (Å²) in [5.74, 6) is 0.136. The van der Waals surface area contributed by atoms with Gasteiger partial charge in [0.15, 0.2) is 0 Å². The number of hydrogen-bond donors (Lipinski definition) is 1. The Kier molecular flexibility index (Phi) is 4.87. The number of likely N-dealkylation sites (N-methyl/N-ethyl adjacent to an activating group) is 1. The molecule has 1 spiro atoms. The van der Waals surface area contributed by atoms with Gasteiger partial charge >= 0.3 is 0 Å². The highest BCUT2D eigenvalue weighted by Crippen LogP contribution is 2.35. The Morgan fingerprint density at radius 3 is 2.70 bits per heavy atom. The quantitative estimate of drug-likeness (QED) is 0.921. The first kappa shape index (κ1) is 16.3. The normalized spacial score (nSPS) is 23.7. The Hall–Kier alpha value is -1.59. The molecule has 23 heavy (non-hydrogen) atoms. The molecule has 5 heteroatoms. The molecule has 2 fully saturated rings. The number of anilines is 1. The van der Waals surface area contributed by atoms with Gasteiger partial charge in [-0.1, -0.05) is 18.2 Å². The van der Waals surface area contributed by atoms with Crippen LogP contribution in [0.4, 0.5) is 5.69 Å². The number of ether oxygens (including phenoxy) is 1. The van der Waals surface area contributed by atoms with Crippen LogP contribution in [0, 0.1) is 0 Å². The number of para-hydroxylation sites is 1. The minimum atomic E-state index is -0.416. The molecule has 2 saturated heterocycles. The van der Waals surface area contributed by atoms with Crippen LogP contribution in [0.1, 0.15) is 25.7 Å². The summed E-state index contributed by atoms with van der Waals surface area (Å²) in [6, 6.07) is 9.93. The third-order valence-corrected chi connectivity index (χ3v) is 5.15.